The highest BCUT2D eigenvalue weighted by Crippen LogP contribution is 2.06. The number of nitrogens with two attached hydrogens (primary N) is 1. The third-order valence-electron chi connectivity index (χ3n) is 3.07. The van der Waals surface area contributed by atoms with E-state index < -0.39 is 10.0 Å². The van der Waals surface area contributed by atoms with Crippen molar-refractivity contribution in [1.82, 2.24) is 9.62 Å². The van der Waals surface area contributed by atoms with E-state index in [-0.39, 0.29) is 35.4 Å². The van der Waals surface area contributed by atoms with Crippen molar-refractivity contribution in [3.8, 4) is 0 Å². The zero-order valence-corrected chi connectivity index (χ0v) is 15.3. The Morgan fingerprint density at radius 3 is 2.55 bits per heavy atom. The van der Waals surface area contributed by atoms with Crippen LogP contribution in [0.4, 0.5) is 0 Å². The van der Waals surface area contributed by atoms with Gasteiger partial charge in [-0.3, -0.25) is 4.99 Å². The summed E-state index contributed by atoms with van der Waals surface area (Å²) in [6.07, 6.45) is 0. The van der Waals surface area contributed by atoms with Gasteiger partial charge in [0.1, 0.15) is 0 Å². The Morgan fingerprint density at radius 2 is 1.91 bits per heavy atom. The van der Waals surface area contributed by atoms with Gasteiger partial charge in [0.15, 0.2) is 5.96 Å². The van der Waals surface area contributed by atoms with Crippen molar-refractivity contribution in [2.24, 2.45) is 10.7 Å². The molecule has 7 nitrogen and oxygen atoms in total. The molecule has 124 valence electrons. The molecule has 1 aromatic carbocycles. The lowest BCUT2D eigenvalue weighted by atomic mass is 10.4. The van der Waals surface area contributed by atoms with E-state index in [4.69, 9.17) is 10.5 Å². The minimum absolute atomic E-state index is 0. The maximum atomic E-state index is 12.0. The highest BCUT2D eigenvalue weighted by Gasteiger charge is 2.13. The Hall–Kier alpha value is -0.910. The van der Waals surface area contributed by atoms with Gasteiger partial charge in [0.05, 0.1) is 24.7 Å². The predicted molar refractivity (Wildman–Crippen MR) is 95.9 cm³/mol. The zero-order valence-electron chi connectivity index (χ0n) is 12.1. The van der Waals surface area contributed by atoms with Crippen LogP contribution in [0, 0.1) is 0 Å². The highest BCUT2D eigenvalue weighted by atomic mass is 127. The molecule has 0 saturated carbocycles. The molecule has 1 aromatic rings. The fourth-order valence-electron chi connectivity index (χ4n) is 1.93. The minimum atomic E-state index is -3.48. The summed E-state index contributed by atoms with van der Waals surface area (Å²) in [6.45, 7) is 3.21. The molecule has 1 fully saturated rings. The molecule has 9 heteroatoms. The Kier molecular flexibility index (Phi) is 8.07. The fourth-order valence-corrected chi connectivity index (χ4v) is 2.97. The van der Waals surface area contributed by atoms with Crippen LogP contribution in [-0.4, -0.2) is 58.7 Å². The molecular formula is C13H21IN4O3S. The van der Waals surface area contributed by atoms with Gasteiger partial charge < -0.3 is 15.4 Å². The number of rotatable bonds is 5. The van der Waals surface area contributed by atoms with Crippen molar-refractivity contribution in [1.29, 1.82) is 0 Å². The van der Waals surface area contributed by atoms with Crippen LogP contribution in [0.15, 0.2) is 40.2 Å². The third-order valence-corrected chi connectivity index (χ3v) is 4.54. The number of hydrogen-bond acceptors (Lipinski definition) is 4. The van der Waals surface area contributed by atoms with Gasteiger partial charge in [0.2, 0.25) is 10.0 Å². The molecule has 0 amide bonds. The lowest BCUT2D eigenvalue weighted by Crippen LogP contribution is -2.45. The van der Waals surface area contributed by atoms with E-state index in [0.29, 0.717) is 38.8 Å². The van der Waals surface area contributed by atoms with E-state index in [1.54, 1.807) is 30.3 Å². The van der Waals surface area contributed by atoms with Crippen molar-refractivity contribution in [3.63, 3.8) is 0 Å². The largest absolute Gasteiger partial charge is 0.378 e. The number of halogens is 1. The van der Waals surface area contributed by atoms with Crippen LogP contribution < -0.4 is 10.5 Å². The summed E-state index contributed by atoms with van der Waals surface area (Å²) in [5.74, 6) is 0.428. The topological polar surface area (TPSA) is 97.0 Å². The first-order valence-electron chi connectivity index (χ1n) is 6.77. The monoisotopic (exact) mass is 440 g/mol. The van der Waals surface area contributed by atoms with Gasteiger partial charge in [-0.05, 0) is 12.1 Å². The lowest BCUT2D eigenvalue weighted by Gasteiger charge is -2.27. The first-order valence-corrected chi connectivity index (χ1v) is 8.25. The standard InChI is InChI=1S/C13H20N4O3S.HI/c14-13(17-8-10-20-11-9-17)15-6-7-16-21(18,19)12-4-2-1-3-5-12;/h1-5,16H,6-11H2,(H2,14,15);1H. The van der Waals surface area contributed by atoms with Crippen molar-refractivity contribution in [3.05, 3.63) is 30.3 Å². The Balaban J connectivity index is 0.00000242. The smallest absolute Gasteiger partial charge is 0.240 e. The number of hydrogen-bond donors (Lipinski definition) is 2. The molecule has 1 aliphatic rings. The predicted octanol–water partition coefficient (Wildman–Crippen LogP) is 0.230. The van der Waals surface area contributed by atoms with Gasteiger partial charge in [0.25, 0.3) is 0 Å². The molecule has 1 heterocycles. The Labute approximate surface area is 148 Å². The average molecular weight is 440 g/mol. The molecule has 0 atom stereocenters. The second-order valence-electron chi connectivity index (χ2n) is 4.55. The maximum Gasteiger partial charge on any atom is 0.240 e. The molecule has 22 heavy (non-hydrogen) atoms. The van der Waals surface area contributed by atoms with Gasteiger partial charge in [-0.2, -0.15) is 0 Å². The summed E-state index contributed by atoms with van der Waals surface area (Å²) < 4.78 is 31.6. The van der Waals surface area contributed by atoms with E-state index in [1.807, 2.05) is 4.90 Å². The lowest BCUT2D eigenvalue weighted by molar-refractivity contribution is 0.0674. The van der Waals surface area contributed by atoms with E-state index in [0.717, 1.165) is 0 Å². The molecular weight excluding hydrogens is 419 g/mol. The minimum Gasteiger partial charge on any atom is -0.378 e. The SMILES string of the molecule is I.NC(=NCCNS(=O)(=O)c1ccccc1)N1CCOCC1. The van der Waals surface area contributed by atoms with Crippen LogP contribution in [0.25, 0.3) is 0 Å². The maximum absolute atomic E-state index is 12.0. The first-order chi connectivity index (χ1) is 10.1. The second-order valence-corrected chi connectivity index (χ2v) is 6.32. The van der Waals surface area contributed by atoms with Gasteiger partial charge in [0, 0.05) is 19.6 Å². The van der Waals surface area contributed by atoms with Crippen LogP contribution in [0.3, 0.4) is 0 Å². The molecule has 1 saturated heterocycles. The molecule has 0 aromatic heterocycles. The van der Waals surface area contributed by atoms with E-state index >= 15 is 0 Å². The number of benzene rings is 1. The van der Waals surface area contributed by atoms with Crippen LogP contribution in [0.5, 0.6) is 0 Å². The number of nitrogens with one attached hydrogen (secondary N) is 1. The molecule has 0 spiro atoms. The third kappa shape index (κ3) is 5.71. The Morgan fingerprint density at radius 1 is 1.27 bits per heavy atom. The summed E-state index contributed by atoms with van der Waals surface area (Å²) in [5.41, 5.74) is 5.85. The molecule has 3 N–H and O–H groups in total. The number of morpholine rings is 1. The van der Waals surface area contributed by atoms with Crippen LogP contribution >= 0.6 is 24.0 Å². The highest BCUT2D eigenvalue weighted by molar-refractivity contribution is 14.0. The Bertz CT molecular complexity index is 574. The average Bonchev–Trinajstić information content (AvgIpc) is 2.53. The van der Waals surface area contributed by atoms with Crippen LogP contribution in [-0.2, 0) is 14.8 Å². The van der Waals surface area contributed by atoms with E-state index in [9.17, 15) is 8.42 Å². The molecule has 0 unspecified atom stereocenters. The molecule has 1 aliphatic heterocycles. The quantitative estimate of drug-likeness (QED) is 0.296. The molecule has 2 rings (SSSR count). The van der Waals surface area contributed by atoms with E-state index in [1.165, 1.54) is 0 Å². The zero-order chi connectivity index (χ0) is 15.1. The first kappa shape index (κ1) is 19.1. The number of aliphatic imine (C=N–C) groups is 1. The summed E-state index contributed by atoms with van der Waals surface area (Å²) in [4.78, 5) is 6.35. The van der Waals surface area contributed by atoms with Crippen molar-refractivity contribution >= 4 is 40.0 Å². The summed E-state index contributed by atoms with van der Waals surface area (Å²) in [6, 6.07) is 8.24. The van der Waals surface area contributed by atoms with Crippen LogP contribution in [0.2, 0.25) is 0 Å². The molecule has 0 radical (unpaired) electrons. The summed E-state index contributed by atoms with van der Waals surface area (Å²) in [5, 5.41) is 0. The van der Waals surface area contributed by atoms with Crippen molar-refractivity contribution < 1.29 is 13.2 Å². The van der Waals surface area contributed by atoms with Crippen LogP contribution in [0.1, 0.15) is 0 Å². The van der Waals surface area contributed by atoms with Gasteiger partial charge >= 0.3 is 0 Å². The number of ether oxygens (including phenoxy) is 1. The fraction of sp³-hybridized carbons (Fsp3) is 0.462. The van der Waals surface area contributed by atoms with Crippen molar-refractivity contribution in [2.75, 3.05) is 39.4 Å². The number of sulfonamides is 1. The molecule has 0 aliphatic carbocycles. The molecule has 0 bridgehead atoms. The van der Waals surface area contributed by atoms with Crippen molar-refractivity contribution in [2.45, 2.75) is 4.90 Å². The van der Waals surface area contributed by atoms with Gasteiger partial charge in [-0.15, -0.1) is 24.0 Å². The van der Waals surface area contributed by atoms with Gasteiger partial charge in [-0.25, -0.2) is 13.1 Å². The number of guanidine groups is 1. The normalized spacial score (nSPS) is 16.2. The summed E-state index contributed by atoms with van der Waals surface area (Å²) >= 11 is 0. The second kappa shape index (κ2) is 9.28. The summed E-state index contributed by atoms with van der Waals surface area (Å²) in [7, 11) is -3.48. The van der Waals surface area contributed by atoms with E-state index in [2.05, 4.69) is 9.71 Å². The number of nitrogens with zero attached hydrogens (tertiary/aromatic N) is 2. The van der Waals surface area contributed by atoms with Gasteiger partial charge in [-0.1, -0.05) is 18.2 Å².